The number of hydrogen-bond acceptors (Lipinski definition) is 0. The van der Waals surface area contributed by atoms with Gasteiger partial charge in [0.15, 0.2) is 0 Å². The summed E-state index contributed by atoms with van der Waals surface area (Å²) in [7, 11) is 0. The topological polar surface area (TPSA) is 24.6 Å². The molecule has 0 aliphatic rings. The standard InChI is InChI=1S/C40H32N2.C35H31N.C34H29N.C29H27N/c1-40(2,3)39-36(42-32-22-12-10-19-30(32)31-20-11-13-23-33(31)42)26-25-35-38(39)37-29(27-15-6-4-7-16-27)21-14-24-34(37)41(35)28-17-8-5-9-18-28;1-24-13-11-16-26(23-24)29-21-22-31-33(34(29)35(2,3)4)32-28(25-14-7-5-8-15-25)19-12-20-30(32)36(31)27-17-9-6-10-18-27;1-34(2,3)33-28(25-16-9-5-10-17-25)22-23-30-32(33)31-27(24-14-7-4-8-15-24)20-13-21-29(31)35(30)26-18-11-6-12-19-26;1-20-11-8-12-21(19-20)23-15-9-17-25-27(23)28-24(29(2,3)4)16-10-18-26(28)30(25)22-13-6-5-7-14-22/h4-26H,1-3H3;5-23H,1-4H3;4-23H,1-3H3;5-19H,1-4H3/i;5D,7D,8D,11D,13D,14D,15D,16D,23D;4D,7D,8D,14D,15D;8D,11D,12D,19D. The van der Waals surface area contributed by atoms with Crippen LogP contribution in [0.1, 0.15) is 141 Å². The zero-order valence-corrected chi connectivity index (χ0v) is 82.8. The smallest absolute Gasteiger partial charge is 0.0632 e. The van der Waals surface area contributed by atoms with Gasteiger partial charge in [-0.2, -0.15) is 0 Å². The summed E-state index contributed by atoms with van der Waals surface area (Å²) in [4.78, 5) is 0. The van der Waals surface area contributed by atoms with Crippen LogP contribution in [-0.4, -0.2) is 22.8 Å². The maximum absolute atomic E-state index is 8.99. The molecule has 25 aromatic rings. The Bertz CT molecular complexity index is 10100. The highest BCUT2D eigenvalue weighted by Gasteiger charge is 2.34. The van der Waals surface area contributed by atoms with Gasteiger partial charge < -0.3 is 22.8 Å². The fourth-order valence-electron chi connectivity index (χ4n) is 21.7. The maximum Gasteiger partial charge on any atom is 0.0632 e. The summed E-state index contributed by atoms with van der Waals surface area (Å²) in [5.74, 6) is 0. The number of nitrogens with zero attached hydrogens (tertiary/aromatic N) is 5. The summed E-state index contributed by atoms with van der Waals surface area (Å²) in [6.45, 7) is 29.7. The van der Waals surface area contributed by atoms with Crippen LogP contribution in [0.15, 0.2) is 467 Å². The lowest BCUT2D eigenvalue weighted by Crippen LogP contribution is -2.16. The highest BCUT2D eigenvalue weighted by Crippen LogP contribution is 2.53. The minimum absolute atomic E-state index is 0.0171. The van der Waals surface area contributed by atoms with Gasteiger partial charge in [-0.1, -0.05) is 446 Å². The zero-order chi connectivity index (χ0) is 114. The molecular formula is C138H119N5. The van der Waals surface area contributed by atoms with E-state index in [1.807, 2.05) is 154 Å². The molecule has 0 aliphatic heterocycles. The third-order valence-electron chi connectivity index (χ3n) is 27.4. The second-order valence-electron chi connectivity index (χ2n) is 40.9. The molecule has 696 valence electrons. The van der Waals surface area contributed by atoms with Crippen molar-refractivity contribution in [3.05, 3.63) is 500 Å². The van der Waals surface area contributed by atoms with Gasteiger partial charge in [0.05, 0.1) is 85.5 Å². The highest BCUT2D eigenvalue weighted by molar-refractivity contribution is 6.23. The van der Waals surface area contributed by atoms with Crippen LogP contribution < -0.4 is 0 Å². The lowest BCUT2D eigenvalue weighted by molar-refractivity contribution is 0.593. The average Bonchev–Trinajstić information content (AvgIpc) is 1.56. The largest absolute Gasteiger partial charge is 0.309 e. The van der Waals surface area contributed by atoms with Crippen LogP contribution in [0.5, 0.6) is 0 Å². The van der Waals surface area contributed by atoms with E-state index in [1.165, 1.54) is 77.2 Å². The first-order valence-corrected chi connectivity index (χ1v) is 48.9. The van der Waals surface area contributed by atoms with E-state index in [0.717, 1.165) is 105 Å². The van der Waals surface area contributed by atoms with Crippen molar-refractivity contribution in [1.29, 1.82) is 0 Å². The molecule has 25 rings (SSSR count). The van der Waals surface area contributed by atoms with Crippen LogP contribution in [0.2, 0.25) is 0 Å². The molecule has 0 saturated heterocycles. The molecule has 0 spiro atoms. The fourth-order valence-corrected chi connectivity index (χ4v) is 21.7. The molecule has 5 aromatic heterocycles. The number of fused-ring (bicyclic) bond motifs is 15. The molecule has 0 N–H and O–H groups in total. The number of hydrogen-bond donors (Lipinski definition) is 0. The lowest BCUT2D eigenvalue weighted by Gasteiger charge is -2.26. The minimum Gasteiger partial charge on any atom is -0.309 e. The lowest BCUT2D eigenvalue weighted by atomic mass is 9.78. The van der Waals surface area contributed by atoms with Gasteiger partial charge in [0, 0.05) is 76.6 Å². The van der Waals surface area contributed by atoms with E-state index in [9.17, 15) is 0 Å². The molecule has 5 heterocycles. The van der Waals surface area contributed by atoms with Crippen LogP contribution in [-0.2, 0) is 21.7 Å². The Labute approximate surface area is 865 Å². The van der Waals surface area contributed by atoms with Crippen molar-refractivity contribution in [3.8, 4) is 95.2 Å². The monoisotopic (exact) mass is 1860 g/mol. The van der Waals surface area contributed by atoms with E-state index in [0.29, 0.717) is 38.8 Å². The number of rotatable bonds is 11. The molecule has 0 atom stereocenters. The Morgan fingerprint density at radius 3 is 0.825 bits per heavy atom. The van der Waals surface area contributed by atoms with Gasteiger partial charge in [-0.3, -0.25) is 0 Å². The zero-order valence-electron chi connectivity index (χ0n) is 101. The van der Waals surface area contributed by atoms with Crippen LogP contribution >= 0.6 is 0 Å². The van der Waals surface area contributed by atoms with Crippen LogP contribution in [0.3, 0.4) is 0 Å². The van der Waals surface area contributed by atoms with Crippen molar-refractivity contribution >= 4 is 109 Å². The van der Waals surface area contributed by atoms with Crippen molar-refractivity contribution in [3.63, 3.8) is 0 Å². The van der Waals surface area contributed by atoms with Gasteiger partial charge in [-0.15, -0.1) is 0 Å². The predicted octanol–water partition coefficient (Wildman–Crippen LogP) is 38.0. The molecule has 0 fully saturated rings. The summed E-state index contributed by atoms with van der Waals surface area (Å²) in [5, 5.41) is 10.6. The molecule has 5 heteroatoms. The Morgan fingerprint density at radius 1 is 0.182 bits per heavy atom. The van der Waals surface area contributed by atoms with E-state index in [-0.39, 0.29) is 124 Å². The number of aromatic nitrogens is 5. The van der Waals surface area contributed by atoms with E-state index < -0.39 is 23.5 Å². The summed E-state index contributed by atoms with van der Waals surface area (Å²) in [5.41, 5.74) is 28.1. The second kappa shape index (κ2) is 37.2. The molecule has 0 amide bonds. The first kappa shape index (κ1) is 72.7. The summed E-state index contributed by atoms with van der Waals surface area (Å²) in [6.07, 6.45) is 0. The second-order valence-corrected chi connectivity index (χ2v) is 40.9. The number of para-hydroxylation sites is 6. The fraction of sp³-hybridized carbons (Fsp3) is 0.130. The first-order valence-electron chi connectivity index (χ1n) is 57.9. The van der Waals surface area contributed by atoms with E-state index in [4.69, 9.17) is 24.7 Å². The van der Waals surface area contributed by atoms with Gasteiger partial charge in [0.25, 0.3) is 0 Å². The molecule has 0 aliphatic carbocycles. The molecule has 143 heavy (non-hydrogen) atoms. The van der Waals surface area contributed by atoms with Gasteiger partial charge in [0.2, 0.25) is 0 Å². The third-order valence-corrected chi connectivity index (χ3v) is 27.4. The SMILES string of the molecule is CC(C)(C)c1c(-n2c3ccccc3c3ccccc32)ccc2c1c1c(-c3ccccc3)cccc1n2-c1ccccc1.[2H]c1c([2H])c(C)c([2H])c(-c2cccc3c2c2c(C(C)(C)C)cccc2n3-c2ccccc2)c1[2H].[2H]c1c([2H])c([2H])c(-c2cccc3c2c2c(C(C)(C)C)c(-c4c([2H])c([2H])c([2H])c(C)c4[2H])ccc2n3-c2ccccc2)c([2H])c1[2H].[2H]c1c([2H])c([2H])c(-c2cccc3c2c2c(C(C)(C)C)c(-c4ccccc4)ccc2n3-c2ccccc2)c([2H])c1[2H]. The van der Waals surface area contributed by atoms with Crippen LogP contribution in [0.4, 0.5) is 0 Å². The van der Waals surface area contributed by atoms with Crippen molar-refractivity contribution in [2.24, 2.45) is 0 Å². The Balaban J connectivity index is 0.000000120. The maximum atomic E-state index is 8.99. The van der Waals surface area contributed by atoms with Crippen LogP contribution in [0.25, 0.3) is 204 Å². The van der Waals surface area contributed by atoms with E-state index in [1.54, 1.807) is 19.9 Å². The molecule has 0 bridgehead atoms. The normalized spacial score (nSPS) is 13.7. The van der Waals surface area contributed by atoms with Crippen molar-refractivity contribution in [2.75, 3.05) is 0 Å². The Morgan fingerprint density at radius 2 is 0.455 bits per heavy atom. The van der Waals surface area contributed by atoms with E-state index in [2.05, 4.69) is 304 Å². The molecular weight excluding hydrogens is 1730 g/mol. The Hall–Kier alpha value is -16.6. The van der Waals surface area contributed by atoms with E-state index >= 15 is 0 Å². The molecule has 20 aromatic carbocycles. The summed E-state index contributed by atoms with van der Waals surface area (Å²) < 4.78 is 165. The van der Waals surface area contributed by atoms with Gasteiger partial charge in [-0.05, 0) is 240 Å². The molecule has 0 unspecified atom stereocenters. The average molecular weight is 1870 g/mol. The van der Waals surface area contributed by atoms with Gasteiger partial charge in [0.1, 0.15) is 0 Å². The first-order chi connectivity index (χ1) is 76.9. The van der Waals surface area contributed by atoms with Gasteiger partial charge in [-0.25, -0.2) is 0 Å². The van der Waals surface area contributed by atoms with Crippen molar-refractivity contribution < 1.29 is 24.7 Å². The van der Waals surface area contributed by atoms with Crippen molar-refractivity contribution in [1.82, 2.24) is 22.8 Å². The highest BCUT2D eigenvalue weighted by atomic mass is 15.0. The third kappa shape index (κ3) is 16.7. The summed E-state index contributed by atoms with van der Waals surface area (Å²) in [6, 6.07) is 119. The Kier molecular flexibility index (Phi) is 18.9. The summed E-state index contributed by atoms with van der Waals surface area (Å²) >= 11 is 0. The minimum atomic E-state index is -0.577. The van der Waals surface area contributed by atoms with Crippen LogP contribution in [0, 0.1) is 13.8 Å². The molecule has 0 saturated carbocycles. The van der Waals surface area contributed by atoms with Crippen molar-refractivity contribution in [2.45, 2.75) is 119 Å². The van der Waals surface area contributed by atoms with Gasteiger partial charge >= 0.3 is 0 Å². The molecule has 5 nitrogen and oxygen atoms in total. The molecule has 0 radical (unpaired) electrons. The quantitative estimate of drug-likeness (QED) is 0.123. The number of benzene rings is 20. The predicted molar refractivity (Wildman–Crippen MR) is 614 cm³/mol.